The number of hydrogen-bond donors (Lipinski definition) is 1. The summed E-state index contributed by atoms with van der Waals surface area (Å²) in [7, 11) is 1.52. The first kappa shape index (κ1) is 17.4. The van der Waals surface area contributed by atoms with Crippen molar-refractivity contribution in [2.75, 3.05) is 25.1 Å². The van der Waals surface area contributed by atoms with E-state index >= 15 is 0 Å². The van der Waals surface area contributed by atoms with Crippen LogP contribution in [-0.4, -0.2) is 34.9 Å². The van der Waals surface area contributed by atoms with Crippen molar-refractivity contribution in [1.82, 2.24) is 8.94 Å². The number of benzene rings is 1. The zero-order valence-electron chi connectivity index (χ0n) is 15.3. The smallest absolute Gasteiger partial charge is 0.271 e. The molecule has 2 fully saturated rings. The molecule has 0 atom stereocenters. The van der Waals surface area contributed by atoms with Gasteiger partial charge in [-0.1, -0.05) is 5.16 Å². The number of H-pyrrole nitrogens is 1. The van der Waals surface area contributed by atoms with E-state index in [2.05, 4.69) is 9.53 Å². The summed E-state index contributed by atoms with van der Waals surface area (Å²) in [6.07, 6.45) is 3.40. The first-order valence-corrected chi connectivity index (χ1v) is 10.1. The second-order valence-corrected chi connectivity index (χ2v) is 8.09. The van der Waals surface area contributed by atoms with Crippen LogP contribution in [0, 0.1) is 5.82 Å². The van der Waals surface area contributed by atoms with E-state index in [0.29, 0.717) is 42.0 Å². The maximum atomic E-state index is 15.0. The highest BCUT2D eigenvalue weighted by Crippen LogP contribution is 2.40. The molecule has 1 aromatic carbocycles. The van der Waals surface area contributed by atoms with E-state index in [0.717, 1.165) is 18.6 Å². The van der Waals surface area contributed by atoms with Crippen molar-refractivity contribution in [2.24, 2.45) is 5.16 Å². The average molecular weight is 402 g/mol. The molecule has 2 aromatic heterocycles. The molecule has 0 spiro atoms. The Kier molecular flexibility index (Phi) is 4.01. The fraction of sp³-hybridized carbons (Fsp3) is 0.421. The monoisotopic (exact) mass is 402 g/mol. The summed E-state index contributed by atoms with van der Waals surface area (Å²) < 4.78 is 19.7. The van der Waals surface area contributed by atoms with Crippen molar-refractivity contribution in [3.05, 3.63) is 38.5 Å². The number of aromatic nitrogens is 2. The number of oxime groups is 1. The van der Waals surface area contributed by atoms with Crippen LogP contribution in [0.3, 0.4) is 0 Å². The Morgan fingerprint density at radius 1 is 1.25 bits per heavy atom. The fourth-order valence-corrected chi connectivity index (χ4v) is 4.93. The third-order valence-electron chi connectivity index (χ3n) is 5.51. The SMILES string of the molecule is CON=C1CCN(c2cc3c(cc2F)c(=O)c2c(=O)[nH]sc2n3C2CC2)CC1. The number of halogens is 1. The maximum absolute atomic E-state index is 15.0. The second-order valence-electron chi connectivity index (χ2n) is 7.29. The number of nitrogens with one attached hydrogen (secondary N) is 1. The lowest BCUT2D eigenvalue weighted by molar-refractivity contribution is 0.211. The van der Waals surface area contributed by atoms with Crippen LogP contribution in [0.5, 0.6) is 0 Å². The van der Waals surface area contributed by atoms with Crippen molar-refractivity contribution in [3.63, 3.8) is 0 Å². The first-order chi connectivity index (χ1) is 13.6. The highest BCUT2D eigenvalue weighted by Gasteiger charge is 2.30. The van der Waals surface area contributed by atoms with Gasteiger partial charge in [0.05, 0.1) is 16.9 Å². The molecule has 1 aliphatic carbocycles. The summed E-state index contributed by atoms with van der Waals surface area (Å²) in [5.74, 6) is -0.440. The van der Waals surface area contributed by atoms with Crippen molar-refractivity contribution in [3.8, 4) is 0 Å². The minimum Gasteiger partial charge on any atom is -0.399 e. The van der Waals surface area contributed by atoms with E-state index in [4.69, 9.17) is 4.84 Å². The van der Waals surface area contributed by atoms with Gasteiger partial charge in [0.2, 0.25) is 5.43 Å². The van der Waals surface area contributed by atoms with Gasteiger partial charge in [0.15, 0.2) is 0 Å². The molecule has 1 saturated carbocycles. The Labute approximate surface area is 163 Å². The molecule has 1 aliphatic heterocycles. The van der Waals surface area contributed by atoms with Gasteiger partial charge >= 0.3 is 0 Å². The number of pyridine rings is 1. The second kappa shape index (κ2) is 6.44. The minimum absolute atomic E-state index is 0.134. The minimum atomic E-state index is -0.440. The molecule has 0 amide bonds. The van der Waals surface area contributed by atoms with E-state index in [1.165, 1.54) is 24.7 Å². The number of rotatable bonds is 3. The van der Waals surface area contributed by atoms with E-state index in [9.17, 15) is 14.0 Å². The molecule has 3 aromatic rings. The fourth-order valence-electron chi connectivity index (χ4n) is 4.00. The molecule has 9 heteroatoms. The normalized spacial score (nSPS) is 17.5. The third kappa shape index (κ3) is 2.64. The molecule has 146 valence electrons. The van der Waals surface area contributed by atoms with E-state index in [1.807, 2.05) is 9.47 Å². The lowest BCUT2D eigenvalue weighted by Gasteiger charge is -2.30. The van der Waals surface area contributed by atoms with Crippen LogP contribution in [0.15, 0.2) is 26.9 Å². The van der Waals surface area contributed by atoms with Gasteiger partial charge in [-0.05, 0) is 36.5 Å². The number of hydrogen-bond acceptors (Lipinski definition) is 6. The van der Waals surface area contributed by atoms with Gasteiger partial charge in [-0.25, -0.2) is 4.39 Å². The average Bonchev–Trinajstić information content (AvgIpc) is 3.45. The van der Waals surface area contributed by atoms with Crippen molar-refractivity contribution >= 4 is 44.1 Å². The number of aromatic amines is 1. The number of nitrogens with zero attached hydrogens (tertiary/aromatic N) is 3. The highest BCUT2D eigenvalue weighted by atomic mass is 32.1. The van der Waals surface area contributed by atoms with Gasteiger partial charge in [0.1, 0.15) is 23.1 Å². The lowest BCUT2D eigenvalue weighted by atomic mass is 10.1. The third-order valence-corrected chi connectivity index (χ3v) is 6.39. The largest absolute Gasteiger partial charge is 0.399 e. The Morgan fingerprint density at radius 3 is 2.68 bits per heavy atom. The van der Waals surface area contributed by atoms with Gasteiger partial charge < -0.3 is 14.3 Å². The van der Waals surface area contributed by atoms with Crippen LogP contribution in [-0.2, 0) is 4.84 Å². The summed E-state index contributed by atoms with van der Waals surface area (Å²) in [6, 6.07) is 3.31. The molecule has 0 bridgehead atoms. The zero-order valence-corrected chi connectivity index (χ0v) is 16.1. The topological polar surface area (TPSA) is 79.7 Å². The summed E-state index contributed by atoms with van der Waals surface area (Å²) in [5, 5.41) is 4.40. The predicted molar refractivity (Wildman–Crippen MR) is 108 cm³/mol. The molecule has 1 N–H and O–H groups in total. The van der Waals surface area contributed by atoms with E-state index < -0.39 is 16.8 Å². The summed E-state index contributed by atoms with van der Waals surface area (Å²) >= 11 is 1.18. The molecule has 0 radical (unpaired) electrons. The number of piperidine rings is 1. The predicted octanol–water partition coefficient (Wildman–Crippen LogP) is 2.98. The van der Waals surface area contributed by atoms with Crippen molar-refractivity contribution < 1.29 is 9.23 Å². The van der Waals surface area contributed by atoms with Crippen LogP contribution in [0.2, 0.25) is 0 Å². The zero-order chi connectivity index (χ0) is 19.4. The molecule has 1 saturated heterocycles. The van der Waals surface area contributed by atoms with Gasteiger partial charge in [0, 0.05) is 37.4 Å². The van der Waals surface area contributed by atoms with Crippen LogP contribution < -0.4 is 15.9 Å². The van der Waals surface area contributed by atoms with E-state index in [-0.39, 0.29) is 16.8 Å². The molecule has 3 heterocycles. The Bertz CT molecular complexity index is 1230. The molecule has 28 heavy (non-hydrogen) atoms. The summed E-state index contributed by atoms with van der Waals surface area (Å²) in [6.45, 7) is 1.27. The Morgan fingerprint density at radius 2 is 2.00 bits per heavy atom. The van der Waals surface area contributed by atoms with Crippen LogP contribution >= 0.6 is 11.5 Å². The van der Waals surface area contributed by atoms with Crippen LogP contribution in [0.1, 0.15) is 31.7 Å². The number of anilines is 1. The quantitative estimate of drug-likeness (QED) is 0.683. The van der Waals surface area contributed by atoms with Crippen LogP contribution in [0.25, 0.3) is 21.1 Å². The Balaban J connectivity index is 1.69. The van der Waals surface area contributed by atoms with Crippen molar-refractivity contribution in [2.45, 2.75) is 31.7 Å². The van der Waals surface area contributed by atoms with Crippen molar-refractivity contribution in [1.29, 1.82) is 0 Å². The lowest BCUT2D eigenvalue weighted by Crippen LogP contribution is -2.34. The van der Waals surface area contributed by atoms with Gasteiger partial charge in [-0.15, -0.1) is 0 Å². The maximum Gasteiger partial charge on any atom is 0.271 e. The summed E-state index contributed by atoms with van der Waals surface area (Å²) in [5.41, 5.74) is 1.35. The molecule has 0 unspecified atom stereocenters. The van der Waals surface area contributed by atoms with Gasteiger partial charge in [-0.3, -0.25) is 14.0 Å². The molecule has 5 rings (SSSR count). The number of fused-ring (bicyclic) bond motifs is 2. The molecule has 2 aliphatic rings. The molecular weight excluding hydrogens is 383 g/mol. The Hall–Kier alpha value is -2.68. The molecular formula is C19H19FN4O3S. The van der Waals surface area contributed by atoms with Crippen LogP contribution in [0.4, 0.5) is 10.1 Å². The van der Waals surface area contributed by atoms with Gasteiger partial charge in [-0.2, -0.15) is 0 Å². The first-order valence-electron chi connectivity index (χ1n) is 9.31. The van der Waals surface area contributed by atoms with E-state index in [1.54, 1.807) is 6.07 Å². The van der Waals surface area contributed by atoms with Gasteiger partial charge in [0.25, 0.3) is 5.56 Å². The summed E-state index contributed by atoms with van der Waals surface area (Å²) in [4.78, 5) is 32.5. The highest BCUT2D eigenvalue weighted by molar-refractivity contribution is 7.12. The molecule has 7 nitrogen and oxygen atoms in total. The standard InChI is InChI=1S/C19H19FN4O3S/c1-27-21-10-4-6-23(7-5-10)15-9-14-12(8-13(15)20)17(25)16-18(26)22-28-19(16)24(14)11-2-3-11/h8-9,11H,2-7H2,1H3,(H,22,26).